The molecule has 1 aromatic rings. The molecule has 1 atom stereocenters. The van der Waals surface area contributed by atoms with E-state index in [9.17, 15) is 4.39 Å². The normalized spacial score (nSPS) is 20.3. The van der Waals surface area contributed by atoms with Crippen LogP contribution in [0.2, 0.25) is 0 Å². The number of nitrogens with one attached hydrogen (secondary N) is 1. The SMILES string of the molecule is Cl.Fc1cccc(Br)c1[C@@H]1CCN1. The summed E-state index contributed by atoms with van der Waals surface area (Å²) in [5, 5.41) is 3.17. The van der Waals surface area contributed by atoms with Gasteiger partial charge in [-0.3, -0.25) is 0 Å². The molecule has 13 heavy (non-hydrogen) atoms. The van der Waals surface area contributed by atoms with Crippen molar-refractivity contribution in [3.05, 3.63) is 34.1 Å². The van der Waals surface area contributed by atoms with E-state index in [-0.39, 0.29) is 24.3 Å². The Labute approximate surface area is 91.3 Å². The average molecular weight is 267 g/mol. The molecule has 1 heterocycles. The van der Waals surface area contributed by atoms with Crippen molar-refractivity contribution in [2.75, 3.05) is 6.54 Å². The van der Waals surface area contributed by atoms with E-state index in [0.717, 1.165) is 23.0 Å². The van der Waals surface area contributed by atoms with Gasteiger partial charge in [0.15, 0.2) is 0 Å². The zero-order chi connectivity index (χ0) is 8.55. The van der Waals surface area contributed by atoms with Crippen LogP contribution in [0.4, 0.5) is 4.39 Å². The van der Waals surface area contributed by atoms with Gasteiger partial charge in [-0.2, -0.15) is 0 Å². The van der Waals surface area contributed by atoms with Gasteiger partial charge >= 0.3 is 0 Å². The minimum absolute atomic E-state index is 0. The molecule has 72 valence electrons. The van der Waals surface area contributed by atoms with Crippen LogP contribution in [0, 0.1) is 5.82 Å². The summed E-state index contributed by atoms with van der Waals surface area (Å²) in [6.07, 6.45) is 1.03. The number of benzene rings is 1. The van der Waals surface area contributed by atoms with Crippen LogP contribution in [0.5, 0.6) is 0 Å². The Morgan fingerprint density at radius 1 is 1.46 bits per heavy atom. The van der Waals surface area contributed by atoms with Crippen molar-refractivity contribution in [1.29, 1.82) is 0 Å². The van der Waals surface area contributed by atoms with Crippen molar-refractivity contribution in [3.63, 3.8) is 0 Å². The first-order valence-corrected chi connectivity index (χ1v) is 4.75. The van der Waals surface area contributed by atoms with Crippen LogP contribution in [0.3, 0.4) is 0 Å². The molecular weight excluding hydrogens is 256 g/mol. The van der Waals surface area contributed by atoms with Crippen LogP contribution < -0.4 is 5.32 Å². The van der Waals surface area contributed by atoms with Gasteiger partial charge in [0.1, 0.15) is 5.82 Å². The Kier molecular flexibility index (Phi) is 3.71. The monoisotopic (exact) mass is 265 g/mol. The number of rotatable bonds is 1. The van der Waals surface area contributed by atoms with Gasteiger partial charge in [0, 0.05) is 16.1 Å². The minimum Gasteiger partial charge on any atom is -0.310 e. The molecule has 1 fully saturated rings. The number of halogens is 3. The smallest absolute Gasteiger partial charge is 0.129 e. The summed E-state index contributed by atoms with van der Waals surface area (Å²) in [6.45, 7) is 0.992. The Morgan fingerprint density at radius 2 is 2.15 bits per heavy atom. The first-order valence-electron chi connectivity index (χ1n) is 3.96. The molecule has 0 radical (unpaired) electrons. The molecule has 1 aromatic carbocycles. The third-order valence-corrected chi connectivity index (χ3v) is 2.86. The van der Waals surface area contributed by atoms with E-state index in [0.29, 0.717) is 0 Å². The van der Waals surface area contributed by atoms with E-state index in [2.05, 4.69) is 21.2 Å². The Morgan fingerprint density at radius 3 is 2.62 bits per heavy atom. The molecule has 1 saturated heterocycles. The van der Waals surface area contributed by atoms with Crippen molar-refractivity contribution in [3.8, 4) is 0 Å². The second-order valence-corrected chi connectivity index (χ2v) is 3.79. The lowest BCUT2D eigenvalue weighted by atomic mass is 9.98. The molecule has 0 aromatic heterocycles. The molecule has 0 unspecified atom stereocenters. The molecule has 0 saturated carbocycles. The summed E-state index contributed by atoms with van der Waals surface area (Å²) >= 11 is 3.34. The quantitative estimate of drug-likeness (QED) is 0.824. The van der Waals surface area contributed by atoms with Gasteiger partial charge in [-0.05, 0) is 25.1 Å². The highest BCUT2D eigenvalue weighted by atomic mass is 79.9. The largest absolute Gasteiger partial charge is 0.310 e. The third-order valence-electron chi connectivity index (χ3n) is 2.17. The number of hydrogen-bond donors (Lipinski definition) is 1. The summed E-state index contributed by atoms with van der Waals surface area (Å²) in [7, 11) is 0. The molecule has 1 aliphatic rings. The van der Waals surface area contributed by atoms with Crippen molar-refractivity contribution in [2.24, 2.45) is 0 Å². The van der Waals surface area contributed by atoms with Crippen molar-refractivity contribution >= 4 is 28.3 Å². The van der Waals surface area contributed by atoms with Crippen LogP contribution in [0.1, 0.15) is 18.0 Å². The van der Waals surface area contributed by atoms with Crippen LogP contribution in [-0.2, 0) is 0 Å². The molecule has 2 rings (SSSR count). The highest BCUT2D eigenvalue weighted by Crippen LogP contribution is 2.31. The highest BCUT2D eigenvalue weighted by molar-refractivity contribution is 9.10. The van der Waals surface area contributed by atoms with E-state index in [1.807, 2.05) is 6.07 Å². The van der Waals surface area contributed by atoms with Crippen molar-refractivity contribution in [1.82, 2.24) is 5.32 Å². The van der Waals surface area contributed by atoms with E-state index in [1.54, 1.807) is 6.07 Å². The van der Waals surface area contributed by atoms with E-state index in [4.69, 9.17) is 0 Å². The summed E-state index contributed by atoms with van der Waals surface area (Å²) < 4.78 is 14.1. The molecule has 1 N–H and O–H groups in total. The maximum Gasteiger partial charge on any atom is 0.129 e. The zero-order valence-electron chi connectivity index (χ0n) is 6.89. The molecular formula is C9H10BrClFN. The van der Waals surface area contributed by atoms with E-state index in [1.165, 1.54) is 6.07 Å². The van der Waals surface area contributed by atoms with Gasteiger partial charge < -0.3 is 5.32 Å². The van der Waals surface area contributed by atoms with Gasteiger partial charge in [0.2, 0.25) is 0 Å². The molecule has 0 aliphatic carbocycles. The Balaban J connectivity index is 0.000000845. The fraction of sp³-hybridized carbons (Fsp3) is 0.333. The Bertz CT molecular complexity index is 281. The van der Waals surface area contributed by atoms with Crippen molar-refractivity contribution < 1.29 is 4.39 Å². The molecule has 0 amide bonds. The van der Waals surface area contributed by atoms with E-state index < -0.39 is 0 Å². The lowest BCUT2D eigenvalue weighted by Gasteiger charge is -2.29. The topological polar surface area (TPSA) is 12.0 Å². The maximum absolute atomic E-state index is 13.3. The summed E-state index contributed by atoms with van der Waals surface area (Å²) in [4.78, 5) is 0. The number of hydrogen-bond acceptors (Lipinski definition) is 1. The molecule has 0 bridgehead atoms. The van der Waals surface area contributed by atoms with Gasteiger partial charge in [0.05, 0.1) is 0 Å². The third kappa shape index (κ3) is 2.03. The van der Waals surface area contributed by atoms with Crippen LogP contribution >= 0.6 is 28.3 Å². The van der Waals surface area contributed by atoms with E-state index >= 15 is 0 Å². The van der Waals surface area contributed by atoms with Crippen molar-refractivity contribution in [2.45, 2.75) is 12.5 Å². The molecule has 1 aliphatic heterocycles. The van der Waals surface area contributed by atoms with Crippen LogP contribution in [0.15, 0.2) is 22.7 Å². The molecule has 1 nitrogen and oxygen atoms in total. The van der Waals surface area contributed by atoms with Crippen LogP contribution in [0.25, 0.3) is 0 Å². The fourth-order valence-corrected chi connectivity index (χ4v) is 2.00. The first kappa shape index (κ1) is 11.0. The Hall–Kier alpha value is -0.120. The van der Waals surface area contributed by atoms with Gasteiger partial charge in [-0.15, -0.1) is 12.4 Å². The summed E-state index contributed by atoms with van der Waals surface area (Å²) in [5.41, 5.74) is 0.767. The fourth-order valence-electron chi connectivity index (χ4n) is 1.38. The lowest BCUT2D eigenvalue weighted by molar-refractivity contribution is 0.369. The minimum atomic E-state index is -0.124. The van der Waals surface area contributed by atoms with Crippen LogP contribution in [-0.4, -0.2) is 6.54 Å². The second-order valence-electron chi connectivity index (χ2n) is 2.93. The summed E-state index contributed by atoms with van der Waals surface area (Å²) in [5.74, 6) is -0.124. The van der Waals surface area contributed by atoms with Gasteiger partial charge in [-0.1, -0.05) is 22.0 Å². The first-order chi connectivity index (χ1) is 5.79. The highest BCUT2D eigenvalue weighted by Gasteiger charge is 2.23. The summed E-state index contributed by atoms with van der Waals surface area (Å²) in [6, 6.07) is 5.29. The average Bonchev–Trinajstić information content (AvgIpc) is 1.93. The maximum atomic E-state index is 13.3. The zero-order valence-corrected chi connectivity index (χ0v) is 9.29. The second kappa shape index (κ2) is 4.40. The standard InChI is InChI=1S/C9H9BrFN.ClH/c10-6-2-1-3-7(11)9(6)8-4-5-12-8;/h1-3,8,12H,4-5H2;1H/t8-;/m0./s1. The van der Waals surface area contributed by atoms with Gasteiger partial charge in [0.25, 0.3) is 0 Å². The lowest BCUT2D eigenvalue weighted by Crippen LogP contribution is -2.35. The molecule has 4 heteroatoms. The molecule has 0 spiro atoms. The van der Waals surface area contributed by atoms with Gasteiger partial charge in [-0.25, -0.2) is 4.39 Å². The predicted molar refractivity (Wildman–Crippen MR) is 56.7 cm³/mol. The predicted octanol–water partition coefficient (Wildman–Crippen LogP) is 3.04.